The Balaban J connectivity index is 1.67. The van der Waals surface area contributed by atoms with E-state index in [1.54, 1.807) is 12.1 Å². The molecule has 3 N–H and O–H groups in total. The van der Waals surface area contributed by atoms with E-state index in [0.717, 1.165) is 24.8 Å². The number of amides is 1. The Labute approximate surface area is 130 Å². The Bertz CT molecular complexity index is 576. The number of rotatable bonds is 4. The standard InChI is InChI=1S/C17H23FN2O2/c1-9(10-5-6-14(22-2)13(18)8-10)20-17(21)15-11-3-4-12(7-11)16(15)19/h5-6,8-9,11-12,15-16H,3-4,7,19H2,1-2H3,(H,20,21). The number of halogens is 1. The van der Waals surface area contributed by atoms with Gasteiger partial charge in [-0.1, -0.05) is 6.07 Å². The van der Waals surface area contributed by atoms with Crippen LogP contribution < -0.4 is 15.8 Å². The van der Waals surface area contributed by atoms with E-state index in [0.29, 0.717) is 11.8 Å². The van der Waals surface area contributed by atoms with Crippen molar-refractivity contribution in [2.45, 2.75) is 38.3 Å². The predicted molar refractivity (Wildman–Crippen MR) is 81.8 cm³/mol. The number of hydrogen-bond donors (Lipinski definition) is 2. The number of benzene rings is 1. The zero-order valence-electron chi connectivity index (χ0n) is 13.0. The van der Waals surface area contributed by atoms with Gasteiger partial charge in [0.15, 0.2) is 11.6 Å². The summed E-state index contributed by atoms with van der Waals surface area (Å²) in [5.41, 5.74) is 6.93. The van der Waals surface area contributed by atoms with E-state index >= 15 is 0 Å². The molecule has 0 aliphatic heterocycles. The molecule has 0 radical (unpaired) electrons. The van der Waals surface area contributed by atoms with Crippen LogP contribution in [-0.2, 0) is 4.79 Å². The molecule has 2 bridgehead atoms. The van der Waals surface area contributed by atoms with Gasteiger partial charge in [0.25, 0.3) is 0 Å². The normalized spacial score (nSPS) is 31.1. The minimum absolute atomic E-state index is 0.00317. The SMILES string of the molecule is COc1ccc(C(C)NC(=O)C2C3CCC(C3)C2N)cc1F. The zero-order valence-corrected chi connectivity index (χ0v) is 13.0. The van der Waals surface area contributed by atoms with Gasteiger partial charge in [-0.15, -0.1) is 0 Å². The van der Waals surface area contributed by atoms with Gasteiger partial charge in [0.2, 0.25) is 5.91 Å². The number of nitrogens with two attached hydrogens (primary N) is 1. The molecule has 1 aromatic carbocycles. The summed E-state index contributed by atoms with van der Waals surface area (Å²) in [4.78, 5) is 12.5. The number of carbonyl (C=O) groups is 1. The largest absolute Gasteiger partial charge is 0.494 e. The fraction of sp³-hybridized carbons (Fsp3) is 0.588. The van der Waals surface area contributed by atoms with E-state index in [1.807, 2.05) is 6.92 Å². The van der Waals surface area contributed by atoms with Crippen LogP contribution in [0.2, 0.25) is 0 Å². The van der Waals surface area contributed by atoms with E-state index in [1.165, 1.54) is 13.2 Å². The van der Waals surface area contributed by atoms with Crippen molar-refractivity contribution < 1.29 is 13.9 Å². The van der Waals surface area contributed by atoms with Crippen molar-refractivity contribution >= 4 is 5.91 Å². The van der Waals surface area contributed by atoms with Crippen LogP contribution in [-0.4, -0.2) is 19.1 Å². The van der Waals surface area contributed by atoms with Crippen LogP contribution in [0.25, 0.3) is 0 Å². The lowest BCUT2D eigenvalue weighted by Gasteiger charge is -2.28. The molecule has 1 amide bonds. The van der Waals surface area contributed by atoms with Crippen LogP contribution in [0.1, 0.15) is 37.8 Å². The Morgan fingerprint density at radius 1 is 1.41 bits per heavy atom. The summed E-state index contributed by atoms with van der Waals surface area (Å²) >= 11 is 0. The molecule has 2 aliphatic rings. The molecule has 3 rings (SSSR count). The Morgan fingerprint density at radius 2 is 2.14 bits per heavy atom. The molecule has 5 unspecified atom stereocenters. The second-order valence-corrected chi connectivity index (χ2v) is 6.56. The maximum Gasteiger partial charge on any atom is 0.225 e. The average molecular weight is 306 g/mol. The molecule has 0 heterocycles. The van der Waals surface area contributed by atoms with Gasteiger partial charge >= 0.3 is 0 Å². The first-order chi connectivity index (χ1) is 10.5. The minimum atomic E-state index is -0.419. The van der Waals surface area contributed by atoms with Crippen LogP contribution in [0.3, 0.4) is 0 Å². The lowest BCUT2D eigenvalue weighted by molar-refractivity contribution is -0.127. The van der Waals surface area contributed by atoms with Gasteiger partial charge in [-0.2, -0.15) is 0 Å². The highest BCUT2D eigenvalue weighted by Crippen LogP contribution is 2.47. The Hall–Kier alpha value is -1.62. The van der Waals surface area contributed by atoms with Crippen LogP contribution in [0.15, 0.2) is 18.2 Å². The third kappa shape index (κ3) is 2.58. The molecule has 120 valence electrons. The molecule has 2 aliphatic carbocycles. The third-order valence-electron chi connectivity index (χ3n) is 5.32. The van der Waals surface area contributed by atoms with Crippen LogP contribution in [0.4, 0.5) is 4.39 Å². The molecule has 22 heavy (non-hydrogen) atoms. The number of hydrogen-bond acceptors (Lipinski definition) is 3. The highest BCUT2D eigenvalue weighted by Gasteiger charge is 2.49. The zero-order chi connectivity index (χ0) is 15.9. The first kappa shape index (κ1) is 15.3. The van der Waals surface area contributed by atoms with Crippen molar-refractivity contribution in [3.63, 3.8) is 0 Å². The summed E-state index contributed by atoms with van der Waals surface area (Å²) in [6.07, 6.45) is 3.32. The molecule has 2 saturated carbocycles. The van der Waals surface area contributed by atoms with Gasteiger partial charge in [-0.25, -0.2) is 4.39 Å². The smallest absolute Gasteiger partial charge is 0.225 e. The number of nitrogens with one attached hydrogen (secondary N) is 1. The summed E-state index contributed by atoms with van der Waals surface area (Å²) < 4.78 is 18.7. The molecular weight excluding hydrogens is 283 g/mol. The van der Waals surface area contributed by atoms with Crippen LogP contribution >= 0.6 is 0 Å². The maximum absolute atomic E-state index is 13.8. The van der Waals surface area contributed by atoms with E-state index < -0.39 is 5.82 Å². The van der Waals surface area contributed by atoms with Crippen LogP contribution in [0.5, 0.6) is 5.75 Å². The summed E-state index contributed by atoms with van der Waals surface area (Å²) in [6.45, 7) is 1.86. The van der Waals surface area contributed by atoms with E-state index in [2.05, 4.69) is 5.32 Å². The third-order valence-corrected chi connectivity index (χ3v) is 5.32. The first-order valence-corrected chi connectivity index (χ1v) is 7.90. The lowest BCUT2D eigenvalue weighted by Crippen LogP contribution is -2.45. The quantitative estimate of drug-likeness (QED) is 0.897. The predicted octanol–water partition coefficient (Wildman–Crippen LogP) is 2.38. The highest BCUT2D eigenvalue weighted by atomic mass is 19.1. The number of carbonyl (C=O) groups excluding carboxylic acids is 1. The van der Waals surface area contributed by atoms with Gasteiger partial charge in [-0.3, -0.25) is 4.79 Å². The molecule has 5 atom stereocenters. The molecule has 0 aromatic heterocycles. The molecule has 0 spiro atoms. The molecule has 4 nitrogen and oxygen atoms in total. The first-order valence-electron chi connectivity index (χ1n) is 7.90. The Kier molecular flexibility index (Phi) is 4.08. The summed E-state index contributed by atoms with van der Waals surface area (Å²) in [7, 11) is 1.43. The molecule has 0 saturated heterocycles. The highest BCUT2D eigenvalue weighted by molar-refractivity contribution is 5.80. The second kappa shape index (κ2) is 5.88. The number of methoxy groups -OCH3 is 1. The number of ether oxygens (including phenoxy) is 1. The summed E-state index contributed by atoms with van der Waals surface area (Å²) in [6, 6.07) is 4.48. The topological polar surface area (TPSA) is 64.3 Å². The van der Waals surface area contributed by atoms with Gasteiger partial charge in [-0.05, 0) is 55.7 Å². The second-order valence-electron chi connectivity index (χ2n) is 6.56. The summed E-state index contributed by atoms with van der Waals surface area (Å²) in [5.74, 6) is 0.608. The molecule has 5 heteroatoms. The molecule has 1 aromatic rings. The molecule has 2 fully saturated rings. The van der Waals surface area contributed by atoms with Crippen molar-refractivity contribution in [3.05, 3.63) is 29.6 Å². The monoisotopic (exact) mass is 306 g/mol. The van der Waals surface area contributed by atoms with E-state index in [9.17, 15) is 9.18 Å². The fourth-order valence-corrected chi connectivity index (χ4v) is 4.07. The minimum Gasteiger partial charge on any atom is -0.494 e. The van der Waals surface area contributed by atoms with Gasteiger partial charge in [0.1, 0.15) is 0 Å². The van der Waals surface area contributed by atoms with Crippen molar-refractivity contribution in [2.75, 3.05) is 7.11 Å². The van der Waals surface area contributed by atoms with Crippen molar-refractivity contribution in [1.29, 1.82) is 0 Å². The van der Waals surface area contributed by atoms with E-state index in [4.69, 9.17) is 10.5 Å². The lowest BCUT2D eigenvalue weighted by atomic mass is 9.84. The molecular formula is C17H23FN2O2. The maximum atomic E-state index is 13.8. The van der Waals surface area contributed by atoms with Gasteiger partial charge in [0.05, 0.1) is 19.1 Å². The van der Waals surface area contributed by atoms with Crippen molar-refractivity contribution in [2.24, 2.45) is 23.5 Å². The Morgan fingerprint density at radius 3 is 2.73 bits per heavy atom. The van der Waals surface area contributed by atoms with Gasteiger partial charge < -0.3 is 15.8 Å². The fourth-order valence-electron chi connectivity index (χ4n) is 4.07. The van der Waals surface area contributed by atoms with Crippen LogP contribution in [0, 0.1) is 23.6 Å². The average Bonchev–Trinajstić information content (AvgIpc) is 3.07. The van der Waals surface area contributed by atoms with Gasteiger partial charge in [0, 0.05) is 6.04 Å². The number of fused-ring (bicyclic) bond motifs is 2. The van der Waals surface area contributed by atoms with Crippen molar-refractivity contribution in [1.82, 2.24) is 5.32 Å². The summed E-state index contributed by atoms with van der Waals surface area (Å²) in [5, 5.41) is 2.99. The van der Waals surface area contributed by atoms with Crippen molar-refractivity contribution in [3.8, 4) is 5.75 Å². The van der Waals surface area contributed by atoms with E-state index in [-0.39, 0.29) is 29.7 Å².